The Labute approximate surface area is 174 Å². The lowest BCUT2D eigenvalue weighted by Gasteiger charge is -2.25. The highest BCUT2D eigenvalue weighted by molar-refractivity contribution is 6.39. The Morgan fingerprint density at radius 1 is 1.04 bits per heavy atom. The molecule has 142 valence electrons. The number of pyridine rings is 1. The minimum absolute atomic E-state index is 0.0373. The zero-order chi connectivity index (χ0) is 19.5. The third-order valence-electron chi connectivity index (χ3n) is 4.92. The second kappa shape index (κ2) is 8.36. The molecule has 4 rings (SSSR count). The summed E-state index contributed by atoms with van der Waals surface area (Å²) < 4.78 is 0. The van der Waals surface area contributed by atoms with Crippen LogP contribution in [0.25, 0.3) is 17.0 Å². The number of phenols is 1. The molecule has 0 atom stereocenters. The molecule has 0 fully saturated rings. The summed E-state index contributed by atoms with van der Waals surface area (Å²) in [6.07, 6.45) is 7.32. The molecular weight excluding hydrogens is 391 g/mol. The molecule has 1 aliphatic rings. The van der Waals surface area contributed by atoms with Gasteiger partial charge in [-0.1, -0.05) is 65.7 Å². The third-order valence-corrected chi connectivity index (χ3v) is 5.52. The van der Waals surface area contributed by atoms with Crippen LogP contribution >= 0.6 is 23.2 Å². The number of aromatic hydroxyl groups is 1. The normalized spacial score (nSPS) is 15.3. The maximum Gasteiger partial charge on any atom is 0.160 e. The molecule has 5 heteroatoms. The summed E-state index contributed by atoms with van der Waals surface area (Å²) in [5.74, 6) is -0.0373. The molecule has 1 aliphatic heterocycles. The summed E-state index contributed by atoms with van der Waals surface area (Å²) in [6.45, 7) is 2.94. The number of hydrogen-bond acceptors (Lipinski definition) is 3. The molecule has 0 aliphatic carbocycles. The summed E-state index contributed by atoms with van der Waals surface area (Å²) in [7, 11) is 0. The number of fused-ring (bicyclic) bond motifs is 1. The van der Waals surface area contributed by atoms with Crippen molar-refractivity contribution in [2.24, 2.45) is 0 Å². The third kappa shape index (κ3) is 4.22. The van der Waals surface area contributed by atoms with E-state index in [1.165, 1.54) is 17.2 Å². The van der Waals surface area contributed by atoms with Gasteiger partial charge < -0.3 is 5.11 Å². The monoisotopic (exact) mass is 410 g/mol. The van der Waals surface area contributed by atoms with Crippen molar-refractivity contribution in [1.29, 1.82) is 0 Å². The van der Waals surface area contributed by atoms with Crippen LogP contribution in [-0.2, 0) is 6.54 Å². The molecule has 0 amide bonds. The second-order valence-corrected chi connectivity index (χ2v) is 7.72. The molecular formula is C23H20Cl2N2O. The summed E-state index contributed by atoms with van der Waals surface area (Å²) in [5, 5.41) is 11.6. The van der Waals surface area contributed by atoms with E-state index >= 15 is 0 Å². The minimum Gasteiger partial charge on any atom is -0.504 e. The van der Waals surface area contributed by atoms with E-state index < -0.39 is 0 Å². The molecule has 2 heterocycles. The van der Waals surface area contributed by atoms with Crippen LogP contribution in [0, 0.1) is 0 Å². The van der Waals surface area contributed by atoms with Crippen molar-refractivity contribution in [2.75, 3.05) is 13.1 Å². The fourth-order valence-corrected chi connectivity index (χ4v) is 3.88. The van der Waals surface area contributed by atoms with Gasteiger partial charge in [-0.3, -0.25) is 4.90 Å². The first-order valence-corrected chi connectivity index (χ1v) is 9.97. The summed E-state index contributed by atoms with van der Waals surface area (Å²) in [5.41, 5.74) is 3.81. The topological polar surface area (TPSA) is 36.4 Å². The molecule has 0 bridgehead atoms. The van der Waals surface area contributed by atoms with E-state index in [-0.39, 0.29) is 10.8 Å². The van der Waals surface area contributed by atoms with Crippen molar-refractivity contribution in [3.05, 3.63) is 87.6 Å². The van der Waals surface area contributed by atoms with Crippen LogP contribution in [0.1, 0.15) is 17.7 Å². The quantitative estimate of drug-likeness (QED) is 0.564. The fraction of sp³-hybridized carbons (Fsp3) is 0.174. The molecule has 3 aromatic rings. The van der Waals surface area contributed by atoms with Gasteiger partial charge >= 0.3 is 0 Å². The molecule has 1 N–H and O–H groups in total. The van der Waals surface area contributed by atoms with Crippen LogP contribution in [0.4, 0.5) is 0 Å². The zero-order valence-corrected chi connectivity index (χ0v) is 16.8. The van der Waals surface area contributed by atoms with Crippen LogP contribution in [0.3, 0.4) is 0 Å². The lowest BCUT2D eigenvalue weighted by atomic mass is 10.1. The van der Waals surface area contributed by atoms with Gasteiger partial charge in [0.2, 0.25) is 0 Å². The highest BCUT2D eigenvalue weighted by atomic mass is 35.5. The SMILES string of the molecule is Oc1c(Cl)cc(Cl)c2ccc(C=CC3=CCN(Cc4ccccc4)CC3)nc12. The maximum absolute atomic E-state index is 10.2. The van der Waals surface area contributed by atoms with Crippen molar-refractivity contribution in [1.82, 2.24) is 9.88 Å². The number of rotatable bonds is 4. The molecule has 0 unspecified atom stereocenters. The van der Waals surface area contributed by atoms with Crippen LogP contribution in [0.5, 0.6) is 5.75 Å². The van der Waals surface area contributed by atoms with E-state index in [2.05, 4.69) is 46.3 Å². The summed E-state index contributed by atoms with van der Waals surface area (Å²) >= 11 is 12.2. The van der Waals surface area contributed by atoms with Gasteiger partial charge in [0.15, 0.2) is 5.75 Å². The number of aromatic nitrogens is 1. The first-order chi connectivity index (χ1) is 13.6. The van der Waals surface area contributed by atoms with Crippen molar-refractivity contribution >= 4 is 40.2 Å². The van der Waals surface area contributed by atoms with Gasteiger partial charge in [0.25, 0.3) is 0 Å². The van der Waals surface area contributed by atoms with Gasteiger partial charge in [0, 0.05) is 25.0 Å². The van der Waals surface area contributed by atoms with Crippen molar-refractivity contribution < 1.29 is 5.11 Å². The average Bonchev–Trinajstić information content (AvgIpc) is 2.72. The van der Waals surface area contributed by atoms with Crippen molar-refractivity contribution in [3.8, 4) is 5.75 Å². The van der Waals surface area contributed by atoms with E-state index in [1.807, 2.05) is 24.3 Å². The largest absolute Gasteiger partial charge is 0.504 e. The first kappa shape index (κ1) is 19.0. The molecule has 2 aromatic carbocycles. The molecule has 1 aromatic heterocycles. The Hall–Kier alpha value is -2.33. The van der Waals surface area contributed by atoms with Crippen LogP contribution < -0.4 is 0 Å². The van der Waals surface area contributed by atoms with Crippen LogP contribution in [0.15, 0.2) is 66.3 Å². The van der Waals surface area contributed by atoms with Gasteiger partial charge in [-0.15, -0.1) is 0 Å². The van der Waals surface area contributed by atoms with E-state index in [1.54, 1.807) is 0 Å². The predicted octanol–water partition coefficient (Wildman–Crippen LogP) is 6.09. The smallest absolute Gasteiger partial charge is 0.160 e. The molecule has 0 spiro atoms. The first-order valence-electron chi connectivity index (χ1n) is 9.21. The van der Waals surface area contributed by atoms with E-state index in [4.69, 9.17) is 23.2 Å². The van der Waals surface area contributed by atoms with E-state index in [9.17, 15) is 5.11 Å². The Bertz CT molecular complexity index is 1060. The van der Waals surface area contributed by atoms with Crippen molar-refractivity contribution in [3.63, 3.8) is 0 Å². The Morgan fingerprint density at radius 3 is 2.61 bits per heavy atom. The lowest BCUT2D eigenvalue weighted by molar-refractivity contribution is 0.287. The molecule has 0 radical (unpaired) electrons. The summed E-state index contributed by atoms with van der Waals surface area (Å²) in [4.78, 5) is 6.94. The van der Waals surface area contributed by atoms with Gasteiger partial charge in [0.1, 0.15) is 5.52 Å². The van der Waals surface area contributed by atoms with Gasteiger partial charge in [0.05, 0.1) is 15.7 Å². The van der Waals surface area contributed by atoms with Gasteiger partial charge in [-0.25, -0.2) is 4.98 Å². The van der Waals surface area contributed by atoms with Gasteiger partial charge in [-0.05, 0) is 41.8 Å². The van der Waals surface area contributed by atoms with Gasteiger partial charge in [-0.2, -0.15) is 0 Å². The highest BCUT2D eigenvalue weighted by Gasteiger charge is 2.12. The van der Waals surface area contributed by atoms with Crippen LogP contribution in [0.2, 0.25) is 10.0 Å². The lowest BCUT2D eigenvalue weighted by Crippen LogP contribution is -2.27. The van der Waals surface area contributed by atoms with E-state index in [0.717, 1.165) is 31.7 Å². The highest BCUT2D eigenvalue weighted by Crippen LogP contribution is 2.36. The minimum atomic E-state index is -0.0373. The Balaban J connectivity index is 1.47. The summed E-state index contributed by atoms with van der Waals surface area (Å²) in [6, 6.07) is 15.8. The molecule has 0 saturated carbocycles. The van der Waals surface area contributed by atoms with Crippen LogP contribution in [-0.4, -0.2) is 28.1 Å². The number of hydrogen-bond donors (Lipinski definition) is 1. The molecule has 3 nitrogen and oxygen atoms in total. The van der Waals surface area contributed by atoms with E-state index in [0.29, 0.717) is 15.9 Å². The number of nitrogens with zero attached hydrogens (tertiary/aromatic N) is 2. The zero-order valence-electron chi connectivity index (χ0n) is 15.3. The molecule has 28 heavy (non-hydrogen) atoms. The standard InChI is InChI=1S/C23H20Cl2N2O/c24-20-14-21(25)23(28)22-19(20)9-8-18(26-22)7-6-16-10-12-27(13-11-16)15-17-4-2-1-3-5-17/h1-10,14,28H,11-13,15H2. The number of phenolic OH excluding ortho intramolecular Hbond substituents is 1. The molecule has 0 saturated heterocycles. The maximum atomic E-state index is 10.2. The fourth-order valence-electron chi connectivity index (χ4n) is 3.37. The second-order valence-electron chi connectivity index (χ2n) is 6.90. The Kier molecular flexibility index (Phi) is 5.67. The van der Waals surface area contributed by atoms with Crippen molar-refractivity contribution in [2.45, 2.75) is 13.0 Å². The predicted molar refractivity (Wildman–Crippen MR) is 117 cm³/mol. The Morgan fingerprint density at radius 2 is 1.86 bits per heavy atom. The number of allylic oxidation sites excluding steroid dienone is 1. The number of halogens is 2. The number of benzene rings is 2. The average molecular weight is 411 g/mol.